The number of hydrogen-bond donors (Lipinski definition) is 2. The molecule has 0 amide bonds. The second-order valence-corrected chi connectivity index (χ2v) is 3.23. The highest BCUT2D eigenvalue weighted by atomic mass is 15.0. The lowest BCUT2D eigenvalue weighted by Gasteiger charge is -2.17. The van der Waals surface area contributed by atoms with E-state index >= 15 is 0 Å². The number of nitrogens with two attached hydrogens (primary N) is 1. The molecule has 0 bridgehead atoms. The summed E-state index contributed by atoms with van der Waals surface area (Å²) in [6, 6.07) is 0.394. The van der Waals surface area contributed by atoms with Crippen molar-refractivity contribution in [2.75, 3.05) is 13.1 Å². The monoisotopic (exact) mass is 128 g/mol. The molecule has 0 aromatic carbocycles. The fourth-order valence-electron chi connectivity index (χ4n) is 1.45. The van der Waals surface area contributed by atoms with Crippen molar-refractivity contribution >= 4 is 0 Å². The normalized spacial score (nSPS) is 36.0. The van der Waals surface area contributed by atoms with Gasteiger partial charge in [0.1, 0.15) is 0 Å². The second kappa shape index (κ2) is 2.67. The first-order chi connectivity index (χ1) is 4.22. The number of nitrogens with one attached hydrogen (secondary N) is 1. The zero-order chi connectivity index (χ0) is 6.85. The van der Waals surface area contributed by atoms with Gasteiger partial charge in [0.05, 0.1) is 0 Å². The van der Waals surface area contributed by atoms with Crippen LogP contribution in [-0.4, -0.2) is 19.1 Å². The average molecular weight is 128 g/mol. The lowest BCUT2D eigenvalue weighted by atomic mass is 9.92. The summed E-state index contributed by atoms with van der Waals surface area (Å²) in [5, 5.41) is 3.28. The van der Waals surface area contributed by atoms with E-state index in [2.05, 4.69) is 19.2 Å². The molecule has 2 heteroatoms. The van der Waals surface area contributed by atoms with Crippen LogP contribution in [0.5, 0.6) is 0 Å². The molecule has 2 atom stereocenters. The highest BCUT2D eigenvalue weighted by Crippen LogP contribution is 2.16. The van der Waals surface area contributed by atoms with Gasteiger partial charge in [-0.1, -0.05) is 13.8 Å². The molecule has 0 spiro atoms. The third-order valence-corrected chi connectivity index (χ3v) is 2.17. The Labute approximate surface area is 56.8 Å². The van der Waals surface area contributed by atoms with Crippen LogP contribution in [0.25, 0.3) is 0 Å². The SMILES string of the molecule is CC(C)[C@@H]1CNC[C@@H]1N. The third kappa shape index (κ3) is 1.43. The van der Waals surface area contributed by atoms with Crippen molar-refractivity contribution in [3.63, 3.8) is 0 Å². The molecule has 54 valence electrons. The van der Waals surface area contributed by atoms with Gasteiger partial charge in [0, 0.05) is 12.6 Å². The third-order valence-electron chi connectivity index (χ3n) is 2.17. The van der Waals surface area contributed by atoms with Gasteiger partial charge in [-0.15, -0.1) is 0 Å². The molecule has 0 aliphatic carbocycles. The van der Waals surface area contributed by atoms with E-state index in [9.17, 15) is 0 Å². The molecule has 2 nitrogen and oxygen atoms in total. The van der Waals surface area contributed by atoms with Crippen LogP contribution < -0.4 is 11.1 Å². The van der Waals surface area contributed by atoms with Crippen molar-refractivity contribution < 1.29 is 0 Å². The van der Waals surface area contributed by atoms with Gasteiger partial charge in [-0.05, 0) is 18.4 Å². The van der Waals surface area contributed by atoms with E-state index in [4.69, 9.17) is 5.73 Å². The molecule has 1 rings (SSSR count). The van der Waals surface area contributed by atoms with Crippen LogP contribution in [0.15, 0.2) is 0 Å². The maximum atomic E-state index is 5.82. The smallest absolute Gasteiger partial charge is 0.0208 e. The molecule has 1 heterocycles. The fraction of sp³-hybridized carbons (Fsp3) is 1.00. The van der Waals surface area contributed by atoms with Crippen LogP contribution in [0.4, 0.5) is 0 Å². The summed E-state index contributed by atoms with van der Waals surface area (Å²) >= 11 is 0. The highest BCUT2D eigenvalue weighted by molar-refractivity contribution is 4.85. The molecule has 3 N–H and O–H groups in total. The molecule has 1 aliphatic rings. The zero-order valence-corrected chi connectivity index (χ0v) is 6.22. The first-order valence-electron chi connectivity index (χ1n) is 3.68. The van der Waals surface area contributed by atoms with Crippen LogP contribution in [0, 0.1) is 11.8 Å². The first-order valence-corrected chi connectivity index (χ1v) is 3.68. The van der Waals surface area contributed by atoms with Gasteiger partial charge in [-0.3, -0.25) is 0 Å². The van der Waals surface area contributed by atoms with Crippen LogP contribution in [0.1, 0.15) is 13.8 Å². The Morgan fingerprint density at radius 3 is 2.33 bits per heavy atom. The predicted octanol–water partition coefficient (Wildman–Crippen LogP) is 0.189. The standard InChI is InChI=1S/C7H16N2/c1-5(2)6-3-9-4-7(6)8/h5-7,9H,3-4,8H2,1-2H3/t6-,7-/m0/s1. The Kier molecular flexibility index (Phi) is 2.09. The van der Waals surface area contributed by atoms with Crippen molar-refractivity contribution in [3.8, 4) is 0 Å². The highest BCUT2D eigenvalue weighted by Gasteiger charge is 2.25. The van der Waals surface area contributed by atoms with E-state index in [1.165, 1.54) is 0 Å². The zero-order valence-electron chi connectivity index (χ0n) is 6.22. The molecule has 0 unspecified atom stereocenters. The molecule has 0 aromatic heterocycles. The van der Waals surface area contributed by atoms with Gasteiger partial charge in [0.2, 0.25) is 0 Å². The number of hydrogen-bond acceptors (Lipinski definition) is 2. The number of rotatable bonds is 1. The Hall–Kier alpha value is -0.0800. The maximum absolute atomic E-state index is 5.82. The summed E-state index contributed by atoms with van der Waals surface area (Å²) in [5.41, 5.74) is 5.82. The average Bonchev–Trinajstić information content (AvgIpc) is 2.13. The molecular weight excluding hydrogens is 112 g/mol. The summed E-state index contributed by atoms with van der Waals surface area (Å²) < 4.78 is 0. The Morgan fingerprint density at radius 2 is 2.11 bits per heavy atom. The molecule has 1 fully saturated rings. The minimum atomic E-state index is 0.394. The van der Waals surface area contributed by atoms with E-state index in [0.29, 0.717) is 12.0 Å². The predicted molar refractivity (Wildman–Crippen MR) is 39.2 cm³/mol. The Morgan fingerprint density at radius 1 is 1.44 bits per heavy atom. The van der Waals surface area contributed by atoms with E-state index < -0.39 is 0 Å². The van der Waals surface area contributed by atoms with Crippen LogP contribution in [0.2, 0.25) is 0 Å². The van der Waals surface area contributed by atoms with E-state index in [0.717, 1.165) is 19.0 Å². The van der Waals surface area contributed by atoms with E-state index in [1.807, 2.05) is 0 Å². The van der Waals surface area contributed by atoms with Crippen molar-refractivity contribution in [1.29, 1.82) is 0 Å². The summed E-state index contributed by atoms with van der Waals surface area (Å²) in [6.07, 6.45) is 0. The molecular formula is C7H16N2. The van der Waals surface area contributed by atoms with Crippen molar-refractivity contribution in [3.05, 3.63) is 0 Å². The van der Waals surface area contributed by atoms with Crippen LogP contribution in [-0.2, 0) is 0 Å². The largest absolute Gasteiger partial charge is 0.326 e. The molecule has 1 saturated heterocycles. The summed E-state index contributed by atoms with van der Waals surface area (Å²) in [6.45, 7) is 6.58. The first kappa shape index (κ1) is 7.03. The van der Waals surface area contributed by atoms with Crippen molar-refractivity contribution in [2.24, 2.45) is 17.6 Å². The molecule has 0 saturated carbocycles. The van der Waals surface area contributed by atoms with Gasteiger partial charge in [0.15, 0.2) is 0 Å². The fourth-order valence-corrected chi connectivity index (χ4v) is 1.45. The summed E-state index contributed by atoms with van der Waals surface area (Å²) in [5.74, 6) is 1.43. The lowest BCUT2D eigenvalue weighted by molar-refractivity contribution is 0.381. The quantitative estimate of drug-likeness (QED) is 0.529. The Balaban J connectivity index is 2.40. The van der Waals surface area contributed by atoms with Crippen LogP contribution in [0.3, 0.4) is 0 Å². The topological polar surface area (TPSA) is 38.0 Å². The summed E-state index contributed by atoms with van der Waals surface area (Å²) in [4.78, 5) is 0. The van der Waals surface area contributed by atoms with Crippen LogP contribution >= 0.6 is 0 Å². The summed E-state index contributed by atoms with van der Waals surface area (Å²) in [7, 11) is 0. The minimum Gasteiger partial charge on any atom is -0.326 e. The van der Waals surface area contributed by atoms with Crippen molar-refractivity contribution in [2.45, 2.75) is 19.9 Å². The van der Waals surface area contributed by atoms with Gasteiger partial charge in [-0.25, -0.2) is 0 Å². The van der Waals surface area contributed by atoms with Gasteiger partial charge in [-0.2, -0.15) is 0 Å². The Bertz CT molecular complexity index is 90.9. The molecule has 9 heavy (non-hydrogen) atoms. The van der Waals surface area contributed by atoms with E-state index in [-0.39, 0.29) is 0 Å². The van der Waals surface area contributed by atoms with Crippen molar-refractivity contribution in [1.82, 2.24) is 5.32 Å². The van der Waals surface area contributed by atoms with Gasteiger partial charge < -0.3 is 11.1 Å². The molecule has 0 radical (unpaired) electrons. The molecule has 1 aliphatic heterocycles. The molecule has 0 aromatic rings. The van der Waals surface area contributed by atoms with Gasteiger partial charge >= 0.3 is 0 Å². The maximum Gasteiger partial charge on any atom is 0.0208 e. The van der Waals surface area contributed by atoms with Gasteiger partial charge in [0.25, 0.3) is 0 Å². The second-order valence-electron chi connectivity index (χ2n) is 3.23. The minimum absolute atomic E-state index is 0.394. The van der Waals surface area contributed by atoms with E-state index in [1.54, 1.807) is 0 Å². The lowest BCUT2D eigenvalue weighted by Crippen LogP contribution is -2.31.